The predicted octanol–water partition coefficient (Wildman–Crippen LogP) is -0.402. The van der Waals surface area contributed by atoms with Crippen molar-refractivity contribution < 1.29 is 4.79 Å². The highest BCUT2D eigenvalue weighted by atomic mass is 16.2. The van der Waals surface area contributed by atoms with E-state index in [1.807, 2.05) is 19.3 Å². The van der Waals surface area contributed by atoms with Crippen LogP contribution in [0.3, 0.4) is 0 Å². The molecule has 5 heteroatoms. The molecule has 0 radical (unpaired) electrons. The quantitative estimate of drug-likeness (QED) is 0.712. The maximum atomic E-state index is 11.2. The van der Waals surface area contributed by atoms with Crippen molar-refractivity contribution in [3.63, 3.8) is 0 Å². The lowest BCUT2D eigenvalue weighted by atomic mass is 10.4. The molecule has 1 aromatic heterocycles. The molecule has 14 heavy (non-hydrogen) atoms. The fourth-order valence-corrected chi connectivity index (χ4v) is 1.01. The van der Waals surface area contributed by atoms with Crippen molar-refractivity contribution in [2.24, 2.45) is 7.05 Å². The summed E-state index contributed by atoms with van der Waals surface area (Å²) < 4.78 is 1.74. The Morgan fingerprint density at radius 2 is 2.36 bits per heavy atom. The number of aromatic nitrogens is 2. The van der Waals surface area contributed by atoms with Crippen molar-refractivity contribution in [1.82, 2.24) is 20.0 Å². The third-order valence-electron chi connectivity index (χ3n) is 1.85. The van der Waals surface area contributed by atoms with Crippen LogP contribution in [0.1, 0.15) is 5.69 Å². The molecule has 1 heterocycles. The van der Waals surface area contributed by atoms with Crippen LogP contribution >= 0.6 is 0 Å². The van der Waals surface area contributed by atoms with Gasteiger partial charge in [-0.25, -0.2) is 0 Å². The van der Waals surface area contributed by atoms with Crippen LogP contribution in [0.4, 0.5) is 0 Å². The van der Waals surface area contributed by atoms with Crippen LogP contribution in [-0.2, 0) is 18.4 Å². The summed E-state index contributed by atoms with van der Waals surface area (Å²) in [5, 5.41) is 7.21. The summed E-state index contributed by atoms with van der Waals surface area (Å²) >= 11 is 0. The number of aryl methyl sites for hydroxylation is 1. The molecule has 0 saturated heterocycles. The maximum absolute atomic E-state index is 11.2. The van der Waals surface area contributed by atoms with Gasteiger partial charge in [0.1, 0.15) is 0 Å². The first-order chi connectivity index (χ1) is 6.59. The van der Waals surface area contributed by atoms with Gasteiger partial charge in [0.25, 0.3) is 0 Å². The van der Waals surface area contributed by atoms with E-state index in [9.17, 15) is 4.79 Å². The zero-order valence-corrected chi connectivity index (χ0v) is 8.82. The molecule has 1 N–H and O–H groups in total. The van der Waals surface area contributed by atoms with E-state index >= 15 is 0 Å². The molecule has 0 aliphatic rings. The van der Waals surface area contributed by atoms with Gasteiger partial charge in [-0.3, -0.25) is 9.48 Å². The number of carbonyl (C=O) groups excluding carboxylic acids is 1. The highest BCUT2D eigenvalue weighted by Gasteiger charge is 2.03. The minimum Gasteiger partial charge on any atom is -0.348 e. The number of hydrogen-bond acceptors (Lipinski definition) is 3. The summed E-state index contributed by atoms with van der Waals surface area (Å²) in [6.45, 7) is 0.976. The Kier molecular flexibility index (Phi) is 3.64. The average Bonchev–Trinajstić information content (AvgIpc) is 2.51. The van der Waals surface area contributed by atoms with E-state index < -0.39 is 0 Å². The second-order valence-electron chi connectivity index (χ2n) is 3.37. The SMILES string of the molecule is CN(C)C(=O)CNCc1ccn(C)n1. The third kappa shape index (κ3) is 3.18. The number of likely N-dealkylation sites (N-methyl/N-ethyl adjacent to an activating group) is 1. The summed E-state index contributed by atoms with van der Waals surface area (Å²) in [6, 6.07) is 1.92. The second kappa shape index (κ2) is 4.76. The minimum absolute atomic E-state index is 0.0703. The Balaban J connectivity index is 2.25. The molecular formula is C9H16N4O. The van der Waals surface area contributed by atoms with Gasteiger partial charge in [0.15, 0.2) is 0 Å². The topological polar surface area (TPSA) is 50.2 Å². The van der Waals surface area contributed by atoms with Gasteiger partial charge in [-0.2, -0.15) is 5.10 Å². The Morgan fingerprint density at radius 1 is 1.64 bits per heavy atom. The van der Waals surface area contributed by atoms with Crippen LogP contribution in [0.5, 0.6) is 0 Å². The van der Waals surface area contributed by atoms with Gasteiger partial charge in [0.05, 0.1) is 12.2 Å². The van der Waals surface area contributed by atoms with Crippen LogP contribution in [0.25, 0.3) is 0 Å². The summed E-state index contributed by atoms with van der Waals surface area (Å²) in [5.41, 5.74) is 0.944. The minimum atomic E-state index is 0.0703. The second-order valence-corrected chi connectivity index (χ2v) is 3.37. The maximum Gasteiger partial charge on any atom is 0.236 e. The lowest BCUT2D eigenvalue weighted by Crippen LogP contribution is -2.32. The first-order valence-corrected chi connectivity index (χ1v) is 4.49. The monoisotopic (exact) mass is 196 g/mol. The molecule has 5 nitrogen and oxygen atoms in total. The first kappa shape index (κ1) is 10.7. The Bertz CT molecular complexity index is 306. The van der Waals surface area contributed by atoms with Crippen molar-refractivity contribution in [3.05, 3.63) is 18.0 Å². The van der Waals surface area contributed by atoms with Crippen LogP contribution in [0.15, 0.2) is 12.3 Å². The van der Waals surface area contributed by atoms with Gasteiger partial charge in [-0.15, -0.1) is 0 Å². The van der Waals surface area contributed by atoms with Crippen molar-refractivity contribution in [1.29, 1.82) is 0 Å². The van der Waals surface area contributed by atoms with Gasteiger partial charge in [0, 0.05) is 33.9 Å². The summed E-state index contributed by atoms with van der Waals surface area (Å²) in [6.07, 6.45) is 1.88. The number of carbonyl (C=O) groups is 1. The molecule has 0 aliphatic heterocycles. The molecule has 0 fully saturated rings. The number of hydrogen-bond donors (Lipinski definition) is 1. The van der Waals surface area contributed by atoms with E-state index in [-0.39, 0.29) is 5.91 Å². The first-order valence-electron chi connectivity index (χ1n) is 4.49. The molecule has 0 aliphatic carbocycles. The fraction of sp³-hybridized carbons (Fsp3) is 0.556. The number of nitrogens with zero attached hydrogens (tertiary/aromatic N) is 3. The molecule has 0 spiro atoms. The molecule has 1 aromatic rings. The van der Waals surface area contributed by atoms with E-state index in [0.717, 1.165) is 5.69 Å². The van der Waals surface area contributed by atoms with Gasteiger partial charge in [0.2, 0.25) is 5.91 Å². The van der Waals surface area contributed by atoms with Gasteiger partial charge < -0.3 is 10.2 Å². The largest absolute Gasteiger partial charge is 0.348 e. The van der Waals surface area contributed by atoms with Gasteiger partial charge in [-0.05, 0) is 6.07 Å². The Hall–Kier alpha value is -1.36. The number of rotatable bonds is 4. The van der Waals surface area contributed by atoms with Crippen LogP contribution in [-0.4, -0.2) is 41.2 Å². The average molecular weight is 196 g/mol. The zero-order chi connectivity index (χ0) is 10.6. The highest BCUT2D eigenvalue weighted by Crippen LogP contribution is 1.92. The van der Waals surface area contributed by atoms with Gasteiger partial charge >= 0.3 is 0 Å². The number of amides is 1. The van der Waals surface area contributed by atoms with Crippen LogP contribution in [0.2, 0.25) is 0 Å². The zero-order valence-electron chi connectivity index (χ0n) is 8.82. The molecule has 0 atom stereocenters. The van der Waals surface area contributed by atoms with Crippen LogP contribution in [0, 0.1) is 0 Å². The van der Waals surface area contributed by atoms with E-state index in [1.165, 1.54) is 0 Å². The third-order valence-corrected chi connectivity index (χ3v) is 1.85. The van der Waals surface area contributed by atoms with E-state index in [4.69, 9.17) is 0 Å². The standard InChI is InChI=1S/C9H16N4O/c1-12(2)9(14)7-10-6-8-4-5-13(3)11-8/h4-5,10H,6-7H2,1-3H3. The Morgan fingerprint density at radius 3 is 2.86 bits per heavy atom. The van der Waals surface area contributed by atoms with Crippen LogP contribution < -0.4 is 5.32 Å². The van der Waals surface area contributed by atoms with Crippen molar-refractivity contribution in [2.75, 3.05) is 20.6 Å². The summed E-state index contributed by atoms with van der Waals surface area (Å²) in [5.74, 6) is 0.0703. The molecule has 0 bridgehead atoms. The Labute approximate surface area is 83.7 Å². The molecule has 0 unspecified atom stereocenters. The van der Waals surface area contributed by atoms with E-state index in [1.54, 1.807) is 23.7 Å². The fourth-order valence-electron chi connectivity index (χ4n) is 1.01. The van der Waals surface area contributed by atoms with Gasteiger partial charge in [-0.1, -0.05) is 0 Å². The molecule has 1 rings (SSSR count). The van der Waals surface area contributed by atoms with E-state index in [2.05, 4.69) is 10.4 Å². The number of nitrogens with one attached hydrogen (secondary N) is 1. The lowest BCUT2D eigenvalue weighted by Gasteiger charge is -2.09. The highest BCUT2D eigenvalue weighted by molar-refractivity contribution is 5.77. The smallest absolute Gasteiger partial charge is 0.236 e. The summed E-state index contributed by atoms with van der Waals surface area (Å²) in [7, 11) is 5.35. The lowest BCUT2D eigenvalue weighted by molar-refractivity contribution is -0.127. The molecule has 78 valence electrons. The summed E-state index contributed by atoms with van der Waals surface area (Å²) in [4.78, 5) is 12.7. The van der Waals surface area contributed by atoms with Crippen molar-refractivity contribution in [3.8, 4) is 0 Å². The molecule has 0 saturated carbocycles. The predicted molar refractivity (Wildman–Crippen MR) is 53.6 cm³/mol. The normalized spacial score (nSPS) is 10.2. The van der Waals surface area contributed by atoms with Crippen molar-refractivity contribution in [2.45, 2.75) is 6.54 Å². The molecule has 0 aromatic carbocycles. The van der Waals surface area contributed by atoms with E-state index in [0.29, 0.717) is 13.1 Å². The molecule has 1 amide bonds. The van der Waals surface area contributed by atoms with Crippen molar-refractivity contribution >= 4 is 5.91 Å². The molecular weight excluding hydrogens is 180 g/mol.